The van der Waals surface area contributed by atoms with Crippen LogP contribution in [0.4, 0.5) is 5.82 Å². The van der Waals surface area contributed by atoms with E-state index in [4.69, 9.17) is 20.3 Å². The number of benzene rings is 2. The molecule has 3 N–H and O–H groups in total. The van der Waals surface area contributed by atoms with Gasteiger partial charge in [0, 0.05) is 5.56 Å². The predicted molar refractivity (Wildman–Crippen MR) is 93.5 cm³/mol. The van der Waals surface area contributed by atoms with E-state index in [1.807, 2.05) is 12.1 Å². The second-order valence-corrected chi connectivity index (χ2v) is 5.28. The fourth-order valence-electron chi connectivity index (χ4n) is 2.54. The van der Waals surface area contributed by atoms with Crippen LogP contribution in [-0.2, 0) is 0 Å². The van der Waals surface area contributed by atoms with Crippen LogP contribution in [0.3, 0.4) is 0 Å². The number of aromatic nitrogens is 2. The van der Waals surface area contributed by atoms with Crippen LogP contribution in [0.25, 0.3) is 16.8 Å². The Hall–Kier alpha value is -3.48. The van der Waals surface area contributed by atoms with Crippen molar-refractivity contribution in [3.8, 4) is 28.3 Å². The van der Waals surface area contributed by atoms with E-state index in [-0.39, 0.29) is 5.56 Å². The zero-order valence-corrected chi connectivity index (χ0v) is 13.8. The van der Waals surface area contributed by atoms with Gasteiger partial charge in [-0.15, -0.1) is 0 Å². The summed E-state index contributed by atoms with van der Waals surface area (Å²) in [6, 6.07) is 11.8. The molecular weight excluding hydrogens is 322 g/mol. The summed E-state index contributed by atoms with van der Waals surface area (Å²) in [5, 5.41) is 13.3. The summed E-state index contributed by atoms with van der Waals surface area (Å²) in [7, 11) is 3.14. The fraction of sp³-hybridized carbons (Fsp3) is 0.111. The van der Waals surface area contributed by atoms with E-state index in [9.17, 15) is 4.79 Å². The molecule has 128 valence electrons. The Kier molecular flexibility index (Phi) is 4.30. The first kappa shape index (κ1) is 16.4. The van der Waals surface area contributed by atoms with Gasteiger partial charge >= 0.3 is 5.97 Å². The van der Waals surface area contributed by atoms with E-state index >= 15 is 0 Å². The van der Waals surface area contributed by atoms with Gasteiger partial charge < -0.3 is 20.3 Å². The van der Waals surface area contributed by atoms with Crippen molar-refractivity contribution in [2.75, 3.05) is 20.0 Å². The lowest BCUT2D eigenvalue weighted by Gasteiger charge is -2.10. The smallest absolute Gasteiger partial charge is 0.335 e. The summed E-state index contributed by atoms with van der Waals surface area (Å²) >= 11 is 0. The summed E-state index contributed by atoms with van der Waals surface area (Å²) < 4.78 is 12.1. The molecule has 3 aromatic rings. The van der Waals surface area contributed by atoms with Gasteiger partial charge in [-0.1, -0.05) is 6.07 Å². The average molecular weight is 339 g/mol. The molecule has 0 radical (unpaired) electrons. The first-order chi connectivity index (χ1) is 12.0. The Balaban J connectivity index is 2.00. The fourth-order valence-corrected chi connectivity index (χ4v) is 2.54. The molecule has 0 spiro atoms. The van der Waals surface area contributed by atoms with Gasteiger partial charge in [0.05, 0.1) is 31.7 Å². The number of hydrogen-bond donors (Lipinski definition) is 2. The number of ether oxygens (including phenoxy) is 2. The molecule has 0 saturated carbocycles. The third kappa shape index (κ3) is 2.99. The summed E-state index contributed by atoms with van der Waals surface area (Å²) in [4.78, 5) is 10.9. The van der Waals surface area contributed by atoms with Gasteiger partial charge in [-0.05, 0) is 42.0 Å². The Morgan fingerprint density at radius 2 is 1.76 bits per heavy atom. The van der Waals surface area contributed by atoms with Crippen molar-refractivity contribution in [2.45, 2.75) is 0 Å². The molecule has 3 rings (SSSR count). The minimum Gasteiger partial charge on any atom is -0.493 e. The van der Waals surface area contributed by atoms with E-state index in [2.05, 4.69) is 5.10 Å². The Morgan fingerprint density at radius 3 is 2.36 bits per heavy atom. The monoisotopic (exact) mass is 339 g/mol. The third-order valence-electron chi connectivity index (χ3n) is 3.86. The van der Waals surface area contributed by atoms with Crippen LogP contribution in [-0.4, -0.2) is 35.1 Å². The van der Waals surface area contributed by atoms with Crippen molar-refractivity contribution in [1.29, 1.82) is 0 Å². The summed E-state index contributed by atoms with van der Waals surface area (Å²) in [5.41, 5.74) is 8.69. The molecule has 1 aromatic heterocycles. The first-order valence-electron chi connectivity index (χ1n) is 7.44. The molecule has 0 saturated heterocycles. The molecule has 0 aliphatic rings. The van der Waals surface area contributed by atoms with Gasteiger partial charge in [0.2, 0.25) is 0 Å². The largest absolute Gasteiger partial charge is 0.493 e. The van der Waals surface area contributed by atoms with Gasteiger partial charge in [0.15, 0.2) is 11.5 Å². The zero-order chi connectivity index (χ0) is 18.0. The molecule has 7 heteroatoms. The lowest BCUT2D eigenvalue weighted by Crippen LogP contribution is -2.03. The summed E-state index contributed by atoms with van der Waals surface area (Å²) in [5.74, 6) is 0.681. The second-order valence-electron chi connectivity index (χ2n) is 5.28. The highest BCUT2D eigenvalue weighted by Gasteiger charge is 2.14. The van der Waals surface area contributed by atoms with E-state index in [1.54, 1.807) is 43.3 Å². The summed E-state index contributed by atoms with van der Waals surface area (Å²) in [6.45, 7) is 0. The lowest BCUT2D eigenvalue weighted by atomic mass is 10.1. The molecule has 0 fully saturated rings. The van der Waals surface area contributed by atoms with Crippen LogP contribution in [0.2, 0.25) is 0 Å². The van der Waals surface area contributed by atoms with Crippen LogP contribution in [0.1, 0.15) is 10.4 Å². The number of anilines is 1. The number of nitrogens with zero attached hydrogens (tertiary/aromatic N) is 2. The maximum atomic E-state index is 10.9. The number of carbonyl (C=O) groups is 1. The van der Waals surface area contributed by atoms with Crippen molar-refractivity contribution in [3.05, 3.63) is 54.2 Å². The van der Waals surface area contributed by atoms with Crippen LogP contribution >= 0.6 is 0 Å². The number of nitrogens with two attached hydrogens (primary N) is 1. The van der Waals surface area contributed by atoms with Gasteiger partial charge in [-0.2, -0.15) is 5.10 Å². The topological polar surface area (TPSA) is 99.6 Å². The van der Waals surface area contributed by atoms with Crippen LogP contribution in [0, 0.1) is 0 Å². The third-order valence-corrected chi connectivity index (χ3v) is 3.86. The van der Waals surface area contributed by atoms with Crippen molar-refractivity contribution < 1.29 is 19.4 Å². The Morgan fingerprint density at radius 1 is 1.08 bits per heavy atom. The normalized spacial score (nSPS) is 10.5. The van der Waals surface area contributed by atoms with E-state index in [1.165, 1.54) is 12.1 Å². The highest BCUT2D eigenvalue weighted by molar-refractivity contribution is 5.87. The number of nitrogen functional groups attached to an aromatic ring is 1. The van der Waals surface area contributed by atoms with E-state index in [0.29, 0.717) is 23.0 Å². The second kappa shape index (κ2) is 6.56. The predicted octanol–water partition coefficient (Wildman–Crippen LogP) is 2.84. The van der Waals surface area contributed by atoms with Crippen molar-refractivity contribution in [2.24, 2.45) is 0 Å². The highest BCUT2D eigenvalue weighted by atomic mass is 16.5. The van der Waals surface area contributed by atoms with Crippen molar-refractivity contribution in [3.63, 3.8) is 0 Å². The van der Waals surface area contributed by atoms with E-state index < -0.39 is 5.97 Å². The average Bonchev–Trinajstić information content (AvgIpc) is 3.02. The van der Waals surface area contributed by atoms with Gasteiger partial charge in [-0.3, -0.25) is 0 Å². The Bertz CT molecular complexity index is 917. The highest BCUT2D eigenvalue weighted by Crippen LogP contribution is 2.35. The molecule has 0 aliphatic heterocycles. The van der Waals surface area contributed by atoms with Crippen LogP contribution in [0.5, 0.6) is 11.5 Å². The number of rotatable bonds is 5. The summed E-state index contributed by atoms with van der Waals surface area (Å²) in [6.07, 6.45) is 1.65. The molecule has 1 heterocycles. The van der Waals surface area contributed by atoms with Gasteiger partial charge in [0.25, 0.3) is 0 Å². The molecular formula is C18H17N3O4. The molecule has 0 aliphatic carbocycles. The zero-order valence-electron chi connectivity index (χ0n) is 13.8. The molecule has 2 aromatic carbocycles. The molecule has 25 heavy (non-hydrogen) atoms. The molecule has 0 atom stereocenters. The molecule has 0 amide bonds. The number of aromatic carboxylic acids is 1. The standard InChI is InChI=1S/C18H17N3O4/c1-24-15-8-5-12(9-16(15)25-2)14-10-20-21(17(14)19)13-6-3-11(4-7-13)18(22)23/h3-10H,19H2,1-2H3,(H,22,23). The van der Waals surface area contributed by atoms with Crippen LogP contribution < -0.4 is 15.2 Å². The number of methoxy groups -OCH3 is 2. The number of hydrogen-bond acceptors (Lipinski definition) is 5. The minimum atomic E-state index is -0.981. The molecule has 7 nitrogen and oxygen atoms in total. The number of carboxylic acids is 1. The lowest BCUT2D eigenvalue weighted by molar-refractivity contribution is 0.0697. The molecule has 0 unspecified atom stereocenters. The first-order valence-corrected chi connectivity index (χ1v) is 7.44. The van der Waals surface area contributed by atoms with Gasteiger partial charge in [-0.25, -0.2) is 9.48 Å². The van der Waals surface area contributed by atoms with Crippen molar-refractivity contribution in [1.82, 2.24) is 9.78 Å². The quantitative estimate of drug-likeness (QED) is 0.741. The Labute approximate surface area is 144 Å². The molecule has 0 bridgehead atoms. The maximum Gasteiger partial charge on any atom is 0.335 e. The van der Waals surface area contributed by atoms with E-state index in [0.717, 1.165) is 11.1 Å². The van der Waals surface area contributed by atoms with Gasteiger partial charge in [0.1, 0.15) is 5.82 Å². The van der Waals surface area contributed by atoms with Crippen molar-refractivity contribution >= 4 is 11.8 Å². The SMILES string of the molecule is COc1ccc(-c2cnn(-c3ccc(C(=O)O)cc3)c2N)cc1OC. The number of carboxylic acid groups (broad SMARTS) is 1. The maximum absolute atomic E-state index is 10.9. The minimum absolute atomic E-state index is 0.203. The van der Waals surface area contributed by atoms with Crippen LogP contribution in [0.15, 0.2) is 48.7 Å².